The Kier molecular flexibility index (Phi) is 6.63. The number of carbonyl (C=O) groups is 1. The molecule has 0 aromatic heterocycles. The second kappa shape index (κ2) is 7.74. The molecule has 1 rings (SSSR count). The largest absolute Gasteiger partial charge is 0.342 e. The number of carbonyl (C=O) groups excluding carboxylic acids is 1. The van der Waals surface area contributed by atoms with E-state index in [0.717, 1.165) is 25.9 Å². The lowest BCUT2D eigenvalue weighted by Gasteiger charge is -2.20. The SMILES string of the molecule is CCS(=O)(=O)CCNCC(=O)N1CCCCCC1. The van der Waals surface area contributed by atoms with E-state index >= 15 is 0 Å². The Morgan fingerprint density at radius 3 is 2.33 bits per heavy atom. The van der Waals surface area contributed by atoms with Crippen molar-refractivity contribution in [3.8, 4) is 0 Å². The van der Waals surface area contributed by atoms with Gasteiger partial charge in [0.25, 0.3) is 0 Å². The van der Waals surface area contributed by atoms with E-state index in [2.05, 4.69) is 5.32 Å². The zero-order valence-electron chi connectivity index (χ0n) is 11.2. The van der Waals surface area contributed by atoms with Crippen LogP contribution >= 0.6 is 0 Å². The van der Waals surface area contributed by atoms with Gasteiger partial charge in [-0.3, -0.25) is 4.79 Å². The van der Waals surface area contributed by atoms with Crippen LogP contribution in [0.15, 0.2) is 0 Å². The molecule has 0 atom stereocenters. The summed E-state index contributed by atoms with van der Waals surface area (Å²) < 4.78 is 22.5. The number of nitrogens with zero attached hydrogens (tertiary/aromatic N) is 1. The number of likely N-dealkylation sites (tertiary alicyclic amines) is 1. The van der Waals surface area contributed by atoms with Crippen molar-refractivity contribution in [1.82, 2.24) is 10.2 Å². The van der Waals surface area contributed by atoms with E-state index in [0.29, 0.717) is 6.54 Å². The zero-order chi connectivity index (χ0) is 13.4. The molecule has 1 N–H and O–H groups in total. The van der Waals surface area contributed by atoms with E-state index in [1.54, 1.807) is 6.92 Å². The molecule has 1 aliphatic heterocycles. The summed E-state index contributed by atoms with van der Waals surface area (Å²) in [5.41, 5.74) is 0. The molecule has 0 aliphatic carbocycles. The van der Waals surface area contributed by atoms with Gasteiger partial charge in [-0.15, -0.1) is 0 Å². The molecule has 1 heterocycles. The fourth-order valence-electron chi connectivity index (χ4n) is 2.00. The van der Waals surface area contributed by atoms with Crippen LogP contribution in [0.25, 0.3) is 0 Å². The van der Waals surface area contributed by atoms with Crippen LogP contribution in [-0.4, -0.2) is 56.9 Å². The Bertz CT molecular complexity index is 346. The molecule has 0 radical (unpaired) electrons. The number of amides is 1. The van der Waals surface area contributed by atoms with Gasteiger partial charge in [0.2, 0.25) is 5.91 Å². The van der Waals surface area contributed by atoms with Crippen LogP contribution in [-0.2, 0) is 14.6 Å². The first-order valence-electron chi connectivity index (χ1n) is 6.74. The minimum atomic E-state index is -2.94. The molecular weight excluding hydrogens is 252 g/mol. The monoisotopic (exact) mass is 276 g/mol. The molecule has 1 saturated heterocycles. The van der Waals surface area contributed by atoms with Crippen LogP contribution < -0.4 is 5.32 Å². The van der Waals surface area contributed by atoms with E-state index in [1.165, 1.54) is 12.8 Å². The highest BCUT2D eigenvalue weighted by Gasteiger charge is 2.15. The van der Waals surface area contributed by atoms with Gasteiger partial charge in [-0.05, 0) is 12.8 Å². The lowest BCUT2D eigenvalue weighted by Crippen LogP contribution is -2.39. The van der Waals surface area contributed by atoms with Crippen molar-refractivity contribution in [1.29, 1.82) is 0 Å². The van der Waals surface area contributed by atoms with E-state index < -0.39 is 9.84 Å². The van der Waals surface area contributed by atoms with Gasteiger partial charge in [0, 0.05) is 25.4 Å². The molecule has 1 aliphatic rings. The minimum Gasteiger partial charge on any atom is -0.342 e. The van der Waals surface area contributed by atoms with E-state index in [-0.39, 0.29) is 24.0 Å². The predicted molar refractivity (Wildman–Crippen MR) is 72.2 cm³/mol. The molecule has 106 valence electrons. The Morgan fingerprint density at radius 1 is 1.17 bits per heavy atom. The Morgan fingerprint density at radius 2 is 1.78 bits per heavy atom. The number of hydrogen-bond acceptors (Lipinski definition) is 4. The molecule has 1 fully saturated rings. The van der Waals surface area contributed by atoms with E-state index in [1.807, 2.05) is 4.90 Å². The first kappa shape index (κ1) is 15.4. The summed E-state index contributed by atoms with van der Waals surface area (Å²) in [5.74, 6) is 0.358. The van der Waals surface area contributed by atoms with Crippen molar-refractivity contribution in [2.75, 3.05) is 37.7 Å². The molecular formula is C12H24N2O3S. The van der Waals surface area contributed by atoms with E-state index in [4.69, 9.17) is 0 Å². The van der Waals surface area contributed by atoms with Gasteiger partial charge in [-0.25, -0.2) is 8.42 Å². The summed E-state index contributed by atoms with van der Waals surface area (Å²) in [6.07, 6.45) is 4.56. The van der Waals surface area contributed by atoms with Gasteiger partial charge in [0.1, 0.15) is 0 Å². The van der Waals surface area contributed by atoms with Gasteiger partial charge in [-0.2, -0.15) is 0 Å². The van der Waals surface area contributed by atoms with Gasteiger partial charge >= 0.3 is 0 Å². The standard InChI is InChI=1S/C12H24N2O3S/c1-2-18(16,17)10-7-13-11-12(15)14-8-5-3-4-6-9-14/h13H,2-11H2,1H3. The second-order valence-corrected chi connectivity index (χ2v) is 7.18. The number of rotatable bonds is 6. The van der Waals surface area contributed by atoms with Crippen LogP contribution in [0, 0.1) is 0 Å². The third-order valence-corrected chi connectivity index (χ3v) is 4.97. The first-order chi connectivity index (χ1) is 8.55. The highest BCUT2D eigenvalue weighted by Crippen LogP contribution is 2.09. The van der Waals surface area contributed by atoms with Crippen LogP contribution in [0.3, 0.4) is 0 Å². The number of hydrogen-bond donors (Lipinski definition) is 1. The normalized spacial score (nSPS) is 17.5. The average Bonchev–Trinajstić information content (AvgIpc) is 2.63. The maximum Gasteiger partial charge on any atom is 0.236 e. The summed E-state index contributed by atoms with van der Waals surface area (Å²) in [5, 5.41) is 2.92. The van der Waals surface area contributed by atoms with Crippen LogP contribution in [0.5, 0.6) is 0 Å². The fourth-order valence-corrected chi connectivity index (χ4v) is 2.74. The Balaban J connectivity index is 2.20. The minimum absolute atomic E-state index is 0.0887. The molecule has 0 aromatic carbocycles. The lowest BCUT2D eigenvalue weighted by molar-refractivity contribution is -0.130. The quantitative estimate of drug-likeness (QED) is 0.714. The highest BCUT2D eigenvalue weighted by atomic mass is 32.2. The van der Waals surface area contributed by atoms with Crippen LogP contribution in [0.2, 0.25) is 0 Å². The smallest absolute Gasteiger partial charge is 0.236 e. The summed E-state index contributed by atoms with van der Waals surface area (Å²) in [6.45, 7) is 3.92. The molecule has 0 aromatic rings. The Labute approximate surface area is 110 Å². The van der Waals surface area contributed by atoms with Gasteiger partial charge in [0.15, 0.2) is 9.84 Å². The number of sulfone groups is 1. The predicted octanol–water partition coefficient (Wildman–Crippen LogP) is 0.413. The molecule has 18 heavy (non-hydrogen) atoms. The molecule has 5 nitrogen and oxygen atoms in total. The topological polar surface area (TPSA) is 66.5 Å². The molecule has 0 bridgehead atoms. The van der Waals surface area contributed by atoms with Crippen molar-refractivity contribution < 1.29 is 13.2 Å². The molecule has 1 amide bonds. The Hall–Kier alpha value is -0.620. The second-order valence-electron chi connectivity index (χ2n) is 4.71. The van der Waals surface area contributed by atoms with Gasteiger partial charge < -0.3 is 10.2 Å². The first-order valence-corrected chi connectivity index (χ1v) is 8.56. The number of nitrogens with one attached hydrogen (secondary N) is 1. The van der Waals surface area contributed by atoms with Crippen molar-refractivity contribution in [3.63, 3.8) is 0 Å². The average molecular weight is 276 g/mol. The van der Waals surface area contributed by atoms with E-state index in [9.17, 15) is 13.2 Å². The van der Waals surface area contributed by atoms with Crippen LogP contribution in [0.1, 0.15) is 32.6 Å². The summed E-state index contributed by atoms with van der Waals surface area (Å²) >= 11 is 0. The summed E-state index contributed by atoms with van der Waals surface area (Å²) in [4.78, 5) is 13.7. The molecule has 6 heteroatoms. The maximum atomic E-state index is 11.9. The van der Waals surface area contributed by atoms with Gasteiger partial charge in [0.05, 0.1) is 12.3 Å². The van der Waals surface area contributed by atoms with Crippen LogP contribution in [0.4, 0.5) is 0 Å². The summed E-state index contributed by atoms with van der Waals surface area (Å²) in [7, 11) is -2.94. The van der Waals surface area contributed by atoms with Crippen molar-refractivity contribution in [2.24, 2.45) is 0 Å². The van der Waals surface area contributed by atoms with Crippen molar-refractivity contribution in [3.05, 3.63) is 0 Å². The molecule has 0 spiro atoms. The summed E-state index contributed by atoms with van der Waals surface area (Å²) in [6, 6.07) is 0. The third kappa shape index (κ3) is 5.82. The zero-order valence-corrected chi connectivity index (χ0v) is 12.0. The lowest BCUT2D eigenvalue weighted by atomic mass is 10.2. The third-order valence-electron chi connectivity index (χ3n) is 3.26. The maximum absolute atomic E-state index is 11.9. The molecule has 0 saturated carbocycles. The molecule has 0 unspecified atom stereocenters. The fraction of sp³-hybridized carbons (Fsp3) is 0.917. The van der Waals surface area contributed by atoms with Crippen molar-refractivity contribution in [2.45, 2.75) is 32.6 Å². The highest BCUT2D eigenvalue weighted by molar-refractivity contribution is 7.91. The van der Waals surface area contributed by atoms with Crippen molar-refractivity contribution >= 4 is 15.7 Å². The van der Waals surface area contributed by atoms with Gasteiger partial charge in [-0.1, -0.05) is 19.8 Å².